The molecule has 2 unspecified atom stereocenters. The van der Waals surface area contributed by atoms with Crippen LogP contribution in [-0.2, 0) is 4.74 Å². The number of hydrogen-bond donors (Lipinski definition) is 1. The van der Waals surface area contributed by atoms with Crippen LogP contribution in [0.25, 0.3) is 0 Å². The molecule has 61 valence electrons. The molecule has 2 heteroatoms. The summed E-state index contributed by atoms with van der Waals surface area (Å²) in [5.74, 6) is 0.851. The van der Waals surface area contributed by atoms with Gasteiger partial charge in [0, 0.05) is 6.61 Å². The molecule has 0 saturated heterocycles. The second-order valence-electron chi connectivity index (χ2n) is 2.98. The fourth-order valence-electron chi connectivity index (χ4n) is 0.538. The lowest BCUT2D eigenvalue weighted by Crippen LogP contribution is -2.17. The third-order valence-electron chi connectivity index (χ3n) is 1.21. The molecule has 0 saturated carbocycles. The summed E-state index contributed by atoms with van der Waals surface area (Å²) in [7, 11) is 0. The fraction of sp³-hybridized carbons (Fsp3) is 0.875. The number of ether oxygens (including phenoxy) is 1. The molecule has 0 aliphatic carbocycles. The molecule has 0 aromatic carbocycles. The number of rotatable bonds is 5. The summed E-state index contributed by atoms with van der Waals surface area (Å²) in [6.07, 6.45) is 0. The van der Waals surface area contributed by atoms with E-state index in [-0.39, 0.29) is 0 Å². The average molecular weight is 144 g/mol. The Kier molecular flexibility index (Phi) is 5.64. The standard InChI is InChI=1S/C8H18NO/c1-7(2)5-10-6-8(3)4-9/h7-8H,1,4-6,9H2,2-3H3. The Morgan fingerprint density at radius 3 is 2.40 bits per heavy atom. The van der Waals surface area contributed by atoms with E-state index in [2.05, 4.69) is 13.8 Å². The molecule has 10 heavy (non-hydrogen) atoms. The highest BCUT2D eigenvalue weighted by Crippen LogP contribution is 1.96. The van der Waals surface area contributed by atoms with Gasteiger partial charge in [0.05, 0.1) is 6.61 Å². The van der Waals surface area contributed by atoms with E-state index in [0.29, 0.717) is 18.4 Å². The van der Waals surface area contributed by atoms with Crippen molar-refractivity contribution in [3.05, 3.63) is 6.92 Å². The smallest absolute Gasteiger partial charge is 0.0503 e. The molecule has 2 N–H and O–H groups in total. The third-order valence-corrected chi connectivity index (χ3v) is 1.21. The SMILES string of the molecule is [CH2]C(C)COCC(C)CN. The van der Waals surface area contributed by atoms with E-state index in [9.17, 15) is 0 Å². The normalized spacial score (nSPS) is 14.1. The summed E-state index contributed by atoms with van der Waals surface area (Å²) >= 11 is 0. The van der Waals surface area contributed by atoms with Gasteiger partial charge < -0.3 is 10.5 Å². The second-order valence-corrected chi connectivity index (χ2v) is 2.98. The number of nitrogens with two attached hydrogens (primary N) is 1. The van der Waals surface area contributed by atoms with Gasteiger partial charge in [-0.05, 0) is 25.3 Å². The van der Waals surface area contributed by atoms with E-state index in [1.54, 1.807) is 0 Å². The molecule has 0 aromatic rings. The van der Waals surface area contributed by atoms with Gasteiger partial charge in [-0.15, -0.1) is 0 Å². The van der Waals surface area contributed by atoms with Crippen molar-refractivity contribution in [3.63, 3.8) is 0 Å². The molecule has 0 aromatic heterocycles. The van der Waals surface area contributed by atoms with Crippen molar-refractivity contribution in [2.75, 3.05) is 19.8 Å². The Hall–Kier alpha value is -0.0800. The molecule has 0 heterocycles. The second kappa shape index (κ2) is 5.69. The zero-order chi connectivity index (χ0) is 7.98. The lowest BCUT2D eigenvalue weighted by atomic mass is 10.2. The molecular weight excluding hydrogens is 126 g/mol. The molecule has 0 bridgehead atoms. The van der Waals surface area contributed by atoms with E-state index >= 15 is 0 Å². The van der Waals surface area contributed by atoms with Crippen molar-refractivity contribution in [2.24, 2.45) is 17.6 Å². The predicted molar refractivity (Wildman–Crippen MR) is 43.6 cm³/mol. The summed E-state index contributed by atoms with van der Waals surface area (Å²) in [5.41, 5.74) is 5.39. The molecule has 0 aliphatic rings. The van der Waals surface area contributed by atoms with Gasteiger partial charge in [-0.2, -0.15) is 0 Å². The van der Waals surface area contributed by atoms with E-state index in [4.69, 9.17) is 10.5 Å². The van der Waals surface area contributed by atoms with Gasteiger partial charge >= 0.3 is 0 Å². The minimum Gasteiger partial charge on any atom is -0.381 e. The zero-order valence-electron chi connectivity index (χ0n) is 6.97. The van der Waals surface area contributed by atoms with Gasteiger partial charge in [0.15, 0.2) is 0 Å². The molecule has 0 amide bonds. The molecule has 0 fully saturated rings. The van der Waals surface area contributed by atoms with Crippen molar-refractivity contribution in [1.82, 2.24) is 0 Å². The van der Waals surface area contributed by atoms with Gasteiger partial charge in [-0.3, -0.25) is 0 Å². The maximum absolute atomic E-state index is 5.39. The first-order valence-electron chi connectivity index (χ1n) is 3.77. The third kappa shape index (κ3) is 6.05. The fourth-order valence-corrected chi connectivity index (χ4v) is 0.538. The maximum atomic E-state index is 5.39. The monoisotopic (exact) mass is 144 g/mol. The van der Waals surface area contributed by atoms with E-state index in [1.165, 1.54) is 0 Å². The average Bonchev–Trinajstić information content (AvgIpc) is 1.87. The van der Waals surface area contributed by atoms with Crippen molar-refractivity contribution in [3.8, 4) is 0 Å². The topological polar surface area (TPSA) is 35.2 Å². The van der Waals surface area contributed by atoms with Crippen LogP contribution in [0, 0.1) is 18.8 Å². The highest BCUT2D eigenvalue weighted by Gasteiger charge is 1.99. The van der Waals surface area contributed by atoms with Crippen LogP contribution in [0.4, 0.5) is 0 Å². The quantitative estimate of drug-likeness (QED) is 0.626. The van der Waals surface area contributed by atoms with Crippen LogP contribution in [0.2, 0.25) is 0 Å². The minimum atomic E-state index is 0.380. The largest absolute Gasteiger partial charge is 0.381 e. The zero-order valence-corrected chi connectivity index (χ0v) is 6.97. The first kappa shape index (κ1) is 9.92. The van der Waals surface area contributed by atoms with Gasteiger partial charge in [0.1, 0.15) is 0 Å². The molecule has 0 aliphatic heterocycles. The van der Waals surface area contributed by atoms with Crippen LogP contribution < -0.4 is 5.73 Å². The highest BCUT2D eigenvalue weighted by molar-refractivity contribution is 4.53. The van der Waals surface area contributed by atoms with Gasteiger partial charge in [-0.1, -0.05) is 13.8 Å². The van der Waals surface area contributed by atoms with Crippen LogP contribution in [0.3, 0.4) is 0 Å². The Morgan fingerprint density at radius 2 is 2.00 bits per heavy atom. The van der Waals surface area contributed by atoms with E-state index in [1.807, 2.05) is 6.92 Å². The van der Waals surface area contributed by atoms with Gasteiger partial charge in [-0.25, -0.2) is 0 Å². The summed E-state index contributed by atoms with van der Waals surface area (Å²) in [4.78, 5) is 0. The Balaban J connectivity index is 3.03. The van der Waals surface area contributed by atoms with Crippen LogP contribution in [0.5, 0.6) is 0 Å². The Bertz CT molecular complexity index is 73.7. The van der Waals surface area contributed by atoms with Crippen molar-refractivity contribution < 1.29 is 4.74 Å². The van der Waals surface area contributed by atoms with Crippen LogP contribution >= 0.6 is 0 Å². The predicted octanol–water partition coefficient (Wildman–Crippen LogP) is 1.07. The summed E-state index contributed by atoms with van der Waals surface area (Å²) in [6, 6.07) is 0. The van der Waals surface area contributed by atoms with E-state index < -0.39 is 0 Å². The van der Waals surface area contributed by atoms with Crippen LogP contribution in [-0.4, -0.2) is 19.8 Å². The lowest BCUT2D eigenvalue weighted by Gasteiger charge is -2.10. The van der Waals surface area contributed by atoms with Crippen molar-refractivity contribution in [2.45, 2.75) is 13.8 Å². The van der Waals surface area contributed by atoms with Crippen LogP contribution in [0.15, 0.2) is 0 Å². The molecule has 1 radical (unpaired) electrons. The van der Waals surface area contributed by atoms with Gasteiger partial charge in [0.2, 0.25) is 0 Å². The molecule has 2 nitrogen and oxygen atoms in total. The first-order chi connectivity index (χ1) is 4.66. The molecule has 0 spiro atoms. The van der Waals surface area contributed by atoms with Crippen molar-refractivity contribution >= 4 is 0 Å². The van der Waals surface area contributed by atoms with Gasteiger partial charge in [0.25, 0.3) is 0 Å². The lowest BCUT2D eigenvalue weighted by molar-refractivity contribution is 0.0916. The van der Waals surface area contributed by atoms with Crippen molar-refractivity contribution in [1.29, 1.82) is 0 Å². The first-order valence-corrected chi connectivity index (χ1v) is 3.77. The minimum absolute atomic E-state index is 0.380. The van der Waals surface area contributed by atoms with Crippen LogP contribution in [0.1, 0.15) is 13.8 Å². The molecular formula is C8H18NO. The molecule has 2 atom stereocenters. The number of hydrogen-bond acceptors (Lipinski definition) is 2. The Labute approximate surface area is 63.7 Å². The summed E-state index contributed by atoms with van der Waals surface area (Å²) < 4.78 is 5.31. The molecule has 0 rings (SSSR count). The highest BCUT2D eigenvalue weighted by atomic mass is 16.5. The summed E-state index contributed by atoms with van der Waals surface area (Å²) in [5, 5.41) is 0. The maximum Gasteiger partial charge on any atom is 0.0503 e. The Morgan fingerprint density at radius 1 is 1.40 bits per heavy atom. The summed E-state index contributed by atoms with van der Waals surface area (Å²) in [6.45, 7) is 10.1. The van der Waals surface area contributed by atoms with E-state index in [0.717, 1.165) is 13.2 Å².